The maximum atomic E-state index is 11.1. The van der Waals surface area contributed by atoms with E-state index in [1.54, 1.807) is 0 Å². The molecule has 2 aromatic rings. The number of urea groups is 1. The van der Waals surface area contributed by atoms with Gasteiger partial charge in [0.15, 0.2) is 0 Å². The zero-order valence-electron chi connectivity index (χ0n) is 13.8. The van der Waals surface area contributed by atoms with Crippen LogP contribution >= 0.6 is 0 Å². The van der Waals surface area contributed by atoms with Crippen molar-refractivity contribution in [3.63, 3.8) is 0 Å². The number of rotatable bonds is 5. The molecule has 3 N–H and O–H groups in total. The van der Waals surface area contributed by atoms with Crippen LogP contribution in [0.25, 0.3) is 0 Å². The number of amides is 2. The van der Waals surface area contributed by atoms with E-state index >= 15 is 0 Å². The Morgan fingerprint density at radius 1 is 1.25 bits per heavy atom. The van der Waals surface area contributed by atoms with Crippen molar-refractivity contribution in [3.8, 4) is 11.5 Å². The number of benzene rings is 2. The van der Waals surface area contributed by atoms with Gasteiger partial charge in [0.25, 0.3) is 0 Å². The highest BCUT2D eigenvalue weighted by Crippen LogP contribution is 2.51. The van der Waals surface area contributed by atoms with Gasteiger partial charge in [0.2, 0.25) is 0 Å². The van der Waals surface area contributed by atoms with Crippen LogP contribution in [-0.2, 0) is 0 Å². The molecule has 0 heterocycles. The molecule has 3 rings (SSSR count). The van der Waals surface area contributed by atoms with Crippen LogP contribution in [0.2, 0.25) is 0 Å². The zero-order chi connectivity index (χ0) is 17.3. The Morgan fingerprint density at radius 2 is 1.96 bits per heavy atom. The number of carbonyl (C=O) groups is 1. The maximum absolute atomic E-state index is 11.1. The predicted octanol–water partition coefficient (Wildman–Crippen LogP) is 4.05. The topological polar surface area (TPSA) is 75.8 Å². The Hall–Kier alpha value is -2.53. The summed E-state index contributed by atoms with van der Waals surface area (Å²) in [6.07, 6.45) is 0.916. The van der Waals surface area contributed by atoms with Gasteiger partial charge in [0.1, 0.15) is 11.5 Å². The number of nitrogens with two attached hydrogens (primary N) is 1. The third-order valence-corrected chi connectivity index (χ3v) is 4.61. The summed E-state index contributed by atoms with van der Waals surface area (Å²) in [5.74, 6) is 2.09. The molecule has 1 aliphatic carbocycles. The predicted molar refractivity (Wildman–Crippen MR) is 91.2 cm³/mol. The number of hydroxylamine groups is 2. The van der Waals surface area contributed by atoms with Crippen molar-refractivity contribution < 1.29 is 14.7 Å². The van der Waals surface area contributed by atoms with E-state index < -0.39 is 6.03 Å². The highest BCUT2D eigenvalue weighted by Gasteiger charge is 2.45. The molecule has 2 amide bonds. The molecule has 0 saturated heterocycles. The van der Waals surface area contributed by atoms with Gasteiger partial charge in [-0.3, -0.25) is 5.21 Å². The van der Waals surface area contributed by atoms with Crippen LogP contribution in [-0.4, -0.2) is 22.3 Å². The first-order valence-corrected chi connectivity index (χ1v) is 8.07. The average Bonchev–Trinajstić information content (AvgIpc) is 3.36. The largest absolute Gasteiger partial charge is 0.457 e. The van der Waals surface area contributed by atoms with Gasteiger partial charge in [-0.1, -0.05) is 29.8 Å². The Labute approximate surface area is 141 Å². The van der Waals surface area contributed by atoms with Gasteiger partial charge >= 0.3 is 6.03 Å². The van der Waals surface area contributed by atoms with Crippen molar-refractivity contribution in [2.24, 2.45) is 11.7 Å². The van der Waals surface area contributed by atoms with Crippen LogP contribution in [0.5, 0.6) is 11.5 Å². The van der Waals surface area contributed by atoms with Gasteiger partial charge < -0.3 is 10.5 Å². The summed E-state index contributed by atoms with van der Waals surface area (Å²) in [6.45, 7) is 3.84. The Morgan fingerprint density at radius 3 is 2.62 bits per heavy atom. The Bertz CT molecular complexity index is 730. The van der Waals surface area contributed by atoms with Crippen LogP contribution in [0.15, 0.2) is 48.5 Å². The average molecular weight is 326 g/mol. The molecule has 5 nitrogen and oxygen atoms in total. The highest BCUT2D eigenvalue weighted by molar-refractivity contribution is 5.71. The minimum absolute atomic E-state index is 0.206. The second-order valence-electron chi connectivity index (χ2n) is 6.42. The van der Waals surface area contributed by atoms with Crippen LogP contribution < -0.4 is 10.5 Å². The fourth-order valence-electron chi connectivity index (χ4n) is 3.06. The maximum Gasteiger partial charge on any atom is 0.338 e. The lowest BCUT2D eigenvalue weighted by Crippen LogP contribution is -2.40. The number of hydrogen-bond donors (Lipinski definition) is 2. The molecule has 2 aromatic carbocycles. The van der Waals surface area contributed by atoms with Gasteiger partial charge in [0.05, 0.1) is 6.04 Å². The Balaban J connectivity index is 1.68. The zero-order valence-corrected chi connectivity index (χ0v) is 13.8. The molecule has 1 saturated carbocycles. The second-order valence-corrected chi connectivity index (χ2v) is 6.42. The molecule has 24 heavy (non-hydrogen) atoms. The molecule has 0 radical (unpaired) electrons. The molecule has 5 heteroatoms. The Kier molecular flexibility index (Phi) is 4.44. The molecule has 1 aliphatic rings. The van der Waals surface area contributed by atoms with Crippen molar-refractivity contribution in [2.75, 3.05) is 0 Å². The van der Waals surface area contributed by atoms with Gasteiger partial charge in [0, 0.05) is 0 Å². The van der Waals surface area contributed by atoms with E-state index in [1.807, 2.05) is 62.4 Å². The molecular formula is C19H22N2O3. The van der Waals surface area contributed by atoms with Crippen LogP contribution in [0.1, 0.15) is 30.4 Å². The number of carbonyl (C=O) groups excluding carboxylic acids is 1. The summed E-state index contributed by atoms with van der Waals surface area (Å²) in [5, 5.41) is 10.3. The van der Waals surface area contributed by atoms with Gasteiger partial charge in [-0.15, -0.1) is 0 Å². The third kappa shape index (κ3) is 3.51. The summed E-state index contributed by atoms with van der Waals surface area (Å²) < 4.78 is 5.90. The minimum atomic E-state index is -0.815. The third-order valence-electron chi connectivity index (χ3n) is 4.61. The van der Waals surface area contributed by atoms with E-state index in [4.69, 9.17) is 10.5 Å². The van der Waals surface area contributed by atoms with E-state index in [-0.39, 0.29) is 12.0 Å². The number of primary amides is 1. The lowest BCUT2D eigenvalue weighted by molar-refractivity contribution is -0.0760. The standard InChI is InChI=1S/C19H22N2O3/c1-12-6-8-15(9-7-12)24-16-5-3-4-14(10-16)18-11-17(18)13(2)21(23)19(20)22/h3-10,13,17-18,23H,11H2,1-2H3,(H2,20,22). The molecule has 1 fully saturated rings. The van der Waals surface area contributed by atoms with E-state index in [2.05, 4.69) is 0 Å². The van der Waals surface area contributed by atoms with Crippen molar-refractivity contribution >= 4 is 6.03 Å². The molecule has 0 spiro atoms. The van der Waals surface area contributed by atoms with Gasteiger partial charge in [-0.05, 0) is 61.9 Å². The second kappa shape index (κ2) is 6.53. The summed E-state index contributed by atoms with van der Waals surface area (Å²) in [5.41, 5.74) is 7.46. The van der Waals surface area contributed by atoms with E-state index in [0.717, 1.165) is 23.5 Å². The number of hydrogen-bond acceptors (Lipinski definition) is 3. The molecule has 0 aromatic heterocycles. The first-order chi connectivity index (χ1) is 11.5. The van der Waals surface area contributed by atoms with Crippen LogP contribution in [0.3, 0.4) is 0 Å². The molecular weight excluding hydrogens is 304 g/mol. The molecule has 0 bridgehead atoms. The number of aryl methyl sites for hydroxylation is 1. The first-order valence-electron chi connectivity index (χ1n) is 8.07. The molecule has 0 aliphatic heterocycles. The molecule has 3 atom stereocenters. The summed E-state index contributed by atoms with van der Waals surface area (Å²) in [7, 11) is 0. The van der Waals surface area contributed by atoms with Crippen LogP contribution in [0, 0.1) is 12.8 Å². The van der Waals surface area contributed by atoms with Gasteiger partial charge in [-0.25, -0.2) is 9.86 Å². The summed E-state index contributed by atoms with van der Waals surface area (Å²) in [6, 6.07) is 14.7. The SMILES string of the molecule is Cc1ccc(Oc2cccc(C3CC3C(C)N(O)C(N)=O)c2)cc1. The number of nitrogens with zero attached hydrogens (tertiary/aromatic N) is 1. The van der Waals surface area contributed by atoms with Crippen molar-refractivity contribution in [2.45, 2.75) is 32.2 Å². The number of ether oxygens (including phenoxy) is 1. The van der Waals surface area contributed by atoms with Gasteiger partial charge in [-0.2, -0.15) is 0 Å². The highest BCUT2D eigenvalue weighted by atomic mass is 16.5. The van der Waals surface area contributed by atoms with Crippen molar-refractivity contribution in [1.29, 1.82) is 0 Å². The normalized spacial score (nSPS) is 20.3. The summed E-state index contributed by atoms with van der Waals surface area (Å²) in [4.78, 5) is 11.1. The van der Waals surface area contributed by atoms with Crippen molar-refractivity contribution in [1.82, 2.24) is 5.06 Å². The monoisotopic (exact) mass is 326 g/mol. The minimum Gasteiger partial charge on any atom is -0.457 e. The van der Waals surface area contributed by atoms with Crippen LogP contribution in [0.4, 0.5) is 4.79 Å². The molecule has 126 valence electrons. The lowest BCUT2D eigenvalue weighted by Gasteiger charge is -2.20. The fourth-order valence-corrected chi connectivity index (χ4v) is 3.06. The first kappa shape index (κ1) is 16.3. The van der Waals surface area contributed by atoms with E-state index in [1.165, 1.54) is 5.56 Å². The summed E-state index contributed by atoms with van der Waals surface area (Å²) >= 11 is 0. The molecule has 3 unspecified atom stereocenters. The van der Waals surface area contributed by atoms with E-state index in [0.29, 0.717) is 11.0 Å². The van der Waals surface area contributed by atoms with Crippen molar-refractivity contribution in [3.05, 3.63) is 59.7 Å². The fraction of sp³-hybridized carbons (Fsp3) is 0.316. The quantitative estimate of drug-likeness (QED) is 0.643. The van der Waals surface area contributed by atoms with E-state index in [9.17, 15) is 10.0 Å². The smallest absolute Gasteiger partial charge is 0.338 e. The lowest BCUT2D eigenvalue weighted by atomic mass is 10.1.